The molecule has 1 aromatic carbocycles. The molecule has 0 aromatic heterocycles. The highest BCUT2D eigenvalue weighted by Crippen LogP contribution is 2.23. The summed E-state index contributed by atoms with van der Waals surface area (Å²) in [5.74, 6) is 4.29. The molecule has 0 aliphatic heterocycles. The molecule has 1 rings (SSSR count). The maximum absolute atomic E-state index is 13.3. The molecule has 116 valence electrons. The highest BCUT2D eigenvalue weighted by molar-refractivity contribution is 7.89. The van der Waals surface area contributed by atoms with E-state index in [1.165, 1.54) is 10.4 Å². The van der Waals surface area contributed by atoms with Crippen LogP contribution in [-0.4, -0.2) is 37.0 Å². The molecule has 0 fully saturated rings. The van der Waals surface area contributed by atoms with E-state index < -0.39 is 22.4 Å². The van der Waals surface area contributed by atoms with E-state index >= 15 is 0 Å². The van der Waals surface area contributed by atoms with E-state index in [1.54, 1.807) is 6.92 Å². The van der Waals surface area contributed by atoms with Crippen LogP contribution in [0.1, 0.15) is 32.8 Å². The van der Waals surface area contributed by atoms with Crippen LogP contribution in [-0.2, 0) is 10.0 Å². The molecule has 21 heavy (non-hydrogen) atoms. The quantitative estimate of drug-likeness (QED) is 0.846. The highest BCUT2D eigenvalue weighted by atomic mass is 32.2. The normalized spacial score (nSPS) is 12.9. The molecule has 6 heteroatoms. The number of halogens is 1. The molecule has 1 N–H and O–H groups in total. The van der Waals surface area contributed by atoms with Crippen molar-refractivity contribution in [1.82, 2.24) is 4.31 Å². The maximum atomic E-state index is 13.3. The van der Waals surface area contributed by atoms with Crippen molar-refractivity contribution in [3.63, 3.8) is 0 Å². The summed E-state index contributed by atoms with van der Waals surface area (Å²) in [4.78, 5) is -0.0352. The zero-order valence-electron chi connectivity index (χ0n) is 12.4. The van der Waals surface area contributed by atoms with Gasteiger partial charge in [-0.15, -0.1) is 0 Å². The summed E-state index contributed by atoms with van der Waals surface area (Å²) >= 11 is 0. The average molecular weight is 313 g/mol. The predicted octanol–water partition coefficient (Wildman–Crippen LogP) is 1.98. The summed E-state index contributed by atoms with van der Waals surface area (Å²) in [7, 11) is -3.76. The SMILES string of the molecule is CCC(C)N(CC)S(=O)(=O)c1ccc(F)cc1C#CCO. The highest BCUT2D eigenvalue weighted by Gasteiger charge is 2.28. The van der Waals surface area contributed by atoms with E-state index in [0.717, 1.165) is 12.1 Å². The Morgan fingerprint density at radius 1 is 1.38 bits per heavy atom. The first-order chi connectivity index (χ1) is 9.88. The fraction of sp³-hybridized carbons (Fsp3) is 0.467. The Morgan fingerprint density at radius 2 is 2.05 bits per heavy atom. The zero-order chi connectivity index (χ0) is 16.0. The summed E-state index contributed by atoms with van der Waals surface area (Å²) in [6, 6.07) is 3.22. The molecule has 0 heterocycles. The van der Waals surface area contributed by atoms with Crippen LogP contribution in [0, 0.1) is 17.7 Å². The molecular weight excluding hydrogens is 293 g/mol. The Balaban J connectivity index is 3.43. The van der Waals surface area contributed by atoms with Gasteiger partial charge in [0.25, 0.3) is 0 Å². The van der Waals surface area contributed by atoms with E-state index in [-0.39, 0.29) is 16.5 Å². The summed E-state index contributed by atoms with van der Waals surface area (Å²) < 4.78 is 40.2. The molecular formula is C15H20FNO3S. The molecule has 4 nitrogen and oxygen atoms in total. The van der Waals surface area contributed by atoms with Crippen LogP contribution in [0.15, 0.2) is 23.1 Å². The second kappa shape index (κ2) is 7.55. The van der Waals surface area contributed by atoms with Gasteiger partial charge in [-0.2, -0.15) is 4.31 Å². The molecule has 0 saturated carbocycles. The molecule has 1 aromatic rings. The first-order valence-corrected chi connectivity index (χ1v) is 8.23. The number of rotatable bonds is 5. The number of aliphatic hydroxyl groups is 1. The lowest BCUT2D eigenvalue weighted by Crippen LogP contribution is -2.38. The number of benzene rings is 1. The third kappa shape index (κ3) is 4.03. The average Bonchev–Trinajstić information content (AvgIpc) is 2.45. The van der Waals surface area contributed by atoms with Gasteiger partial charge >= 0.3 is 0 Å². The van der Waals surface area contributed by atoms with Crippen molar-refractivity contribution >= 4 is 10.0 Å². The summed E-state index contributed by atoms with van der Waals surface area (Å²) in [5.41, 5.74) is 0.0609. The van der Waals surface area contributed by atoms with Crippen molar-refractivity contribution in [3.8, 4) is 11.8 Å². The van der Waals surface area contributed by atoms with Gasteiger partial charge in [-0.1, -0.05) is 25.7 Å². The molecule has 0 aliphatic rings. The van der Waals surface area contributed by atoms with Gasteiger partial charge in [-0.3, -0.25) is 0 Å². The second-order valence-corrected chi connectivity index (χ2v) is 6.42. The van der Waals surface area contributed by atoms with E-state index in [2.05, 4.69) is 11.8 Å². The Bertz CT molecular complexity index is 647. The molecule has 0 aliphatic carbocycles. The van der Waals surface area contributed by atoms with Gasteiger partial charge < -0.3 is 5.11 Å². The lowest BCUT2D eigenvalue weighted by Gasteiger charge is -2.26. The number of hydrogen-bond donors (Lipinski definition) is 1. The van der Waals surface area contributed by atoms with Crippen LogP contribution in [0.5, 0.6) is 0 Å². The fourth-order valence-corrected chi connectivity index (χ4v) is 3.85. The molecule has 0 spiro atoms. The summed E-state index contributed by atoms with van der Waals surface area (Å²) in [6.07, 6.45) is 0.673. The van der Waals surface area contributed by atoms with Crippen molar-refractivity contribution in [3.05, 3.63) is 29.6 Å². The number of nitrogens with zero attached hydrogens (tertiary/aromatic N) is 1. The van der Waals surface area contributed by atoms with Crippen LogP contribution >= 0.6 is 0 Å². The Labute approximate surface area is 125 Å². The van der Waals surface area contributed by atoms with E-state index in [0.29, 0.717) is 13.0 Å². The minimum atomic E-state index is -3.76. The maximum Gasteiger partial charge on any atom is 0.244 e. The monoisotopic (exact) mass is 313 g/mol. The van der Waals surface area contributed by atoms with Gasteiger partial charge in [0.1, 0.15) is 12.4 Å². The zero-order valence-corrected chi connectivity index (χ0v) is 13.2. The van der Waals surface area contributed by atoms with Gasteiger partial charge in [0, 0.05) is 18.2 Å². The van der Waals surface area contributed by atoms with Gasteiger partial charge in [0.2, 0.25) is 10.0 Å². The Morgan fingerprint density at radius 3 is 2.57 bits per heavy atom. The van der Waals surface area contributed by atoms with Crippen LogP contribution in [0.25, 0.3) is 0 Å². The van der Waals surface area contributed by atoms with Crippen LogP contribution in [0.3, 0.4) is 0 Å². The third-order valence-electron chi connectivity index (χ3n) is 3.22. The lowest BCUT2D eigenvalue weighted by atomic mass is 10.2. The number of sulfonamides is 1. The molecule has 1 atom stereocenters. The lowest BCUT2D eigenvalue weighted by molar-refractivity contribution is 0.342. The van der Waals surface area contributed by atoms with Crippen LogP contribution in [0.2, 0.25) is 0 Å². The van der Waals surface area contributed by atoms with Crippen LogP contribution in [0.4, 0.5) is 4.39 Å². The Kier molecular flexibility index (Phi) is 6.34. The summed E-state index contributed by atoms with van der Waals surface area (Å²) in [6.45, 7) is 5.39. The minimum absolute atomic E-state index is 0.0352. The van der Waals surface area contributed by atoms with Gasteiger partial charge in [0.05, 0.1) is 4.90 Å². The summed E-state index contributed by atoms with van der Waals surface area (Å²) in [5, 5.41) is 8.74. The van der Waals surface area contributed by atoms with Gasteiger partial charge in [-0.05, 0) is 31.5 Å². The van der Waals surface area contributed by atoms with Crippen molar-refractivity contribution in [2.75, 3.05) is 13.2 Å². The minimum Gasteiger partial charge on any atom is -0.384 e. The smallest absolute Gasteiger partial charge is 0.244 e. The van der Waals surface area contributed by atoms with E-state index in [1.807, 2.05) is 13.8 Å². The van der Waals surface area contributed by atoms with Crippen molar-refractivity contribution < 1.29 is 17.9 Å². The van der Waals surface area contributed by atoms with Gasteiger partial charge in [0.15, 0.2) is 0 Å². The van der Waals surface area contributed by atoms with Crippen molar-refractivity contribution in [1.29, 1.82) is 0 Å². The third-order valence-corrected chi connectivity index (χ3v) is 5.37. The van der Waals surface area contributed by atoms with Crippen molar-refractivity contribution in [2.24, 2.45) is 0 Å². The second-order valence-electron chi connectivity index (χ2n) is 4.57. The standard InChI is InChI=1S/C15H20FNO3S/c1-4-12(3)17(5-2)21(19,20)15-9-8-14(16)11-13(15)7-6-10-18/h8-9,11-12,18H,4-5,10H2,1-3H3. The molecule has 0 bridgehead atoms. The number of aliphatic hydroxyl groups excluding tert-OH is 1. The Hall–Kier alpha value is -1.42. The van der Waals surface area contributed by atoms with Gasteiger partial charge in [-0.25, -0.2) is 12.8 Å². The van der Waals surface area contributed by atoms with E-state index in [4.69, 9.17) is 5.11 Å². The molecule has 0 saturated heterocycles. The van der Waals surface area contributed by atoms with Crippen LogP contribution < -0.4 is 0 Å². The first kappa shape index (κ1) is 17.6. The fourth-order valence-electron chi connectivity index (χ4n) is 2.01. The molecule has 0 radical (unpaired) electrons. The van der Waals surface area contributed by atoms with Crippen molar-refractivity contribution in [2.45, 2.75) is 38.1 Å². The molecule has 0 amide bonds. The topological polar surface area (TPSA) is 57.6 Å². The number of hydrogen-bond acceptors (Lipinski definition) is 3. The first-order valence-electron chi connectivity index (χ1n) is 6.79. The predicted molar refractivity (Wildman–Crippen MR) is 79.7 cm³/mol. The van der Waals surface area contributed by atoms with E-state index in [9.17, 15) is 12.8 Å². The molecule has 1 unspecified atom stereocenters. The largest absolute Gasteiger partial charge is 0.384 e.